The molecule has 0 aliphatic carbocycles. The highest BCUT2D eigenvalue weighted by atomic mass is 19.1. The van der Waals surface area contributed by atoms with E-state index >= 15 is 0 Å². The minimum Gasteiger partial charge on any atom is -0.378 e. The van der Waals surface area contributed by atoms with E-state index in [1.165, 1.54) is 12.1 Å². The third-order valence-electron chi connectivity index (χ3n) is 3.41. The van der Waals surface area contributed by atoms with Crippen molar-refractivity contribution in [3.63, 3.8) is 0 Å². The first-order chi connectivity index (χ1) is 10.5. The van der Waals surface area contributed by atoms with Crippen LogP contribution in [0.3, 0.4) is 0 Å². The quantitative estimate of drug-likeness (QED) is 0.797. The average molecular weight is 302 g/mol. The first-order valence-corrected chi connectivity index (χ1v) is 6.77. The van der Waals surface area contributed by atoms with Crippen molar-refractivity contribution in [2.75, 3.05) is 0 Å². The monoisotopic (exact) mass is 302 g/mol. The van der Waals surface area contributed by atoms with Gasteiger partial charge in [0, 0.05) is 25.2 Å². The summed E-state index contributed by atoms with van der Waals surface area (Å²) >= 11 is 0. The molecular formula is C15H15FN4O2. The lowest BCUT2D eigenvalue weighted by Crippen LogP contribution is -2.00. The molecule has 2 aromatic heterocycles. The third kappa shape index (κ3) is 2.89. The summed E-state index contributed by atoms with van der Waals surface area (Å²) in [7, 11) is 1.76. The highest BCUT2D eigenvalue weighted by Gasteiger charge is 2.20. The normalized spacial score (nSPS) is 12.5. The number of aryl methyl sites for hydroxylation is 2. The van der Waals surface area contributed by atoms with Crippen molar-refractivity contribution in [2.45, 2.75) is 19.4 Å². The Hall–Kier alpha value is -2.54. The van der Waals surface area contributed by atoms with Crippen molar-refractivity contribution in [1.29, 1.82) is 0 Å². The van der Waals surface area contributed by atoms with Crippen LogP contribution in [-0.2, 0) is 13.5 Å². The number of hydrogen-bond acceptors (Lipinski definition) is 5. The smallest absolute Gasteiger partial charge is 0.260 e. The molecule has 114 valence electrons. The second-order valence-electron chi connectivity index (χ2n) is 5.15. The van der Waals surface area contributed by atoms with Gasteiger partial charge in [-0.1, -0.05) is 11.2 Å². The van der Waals surface area contributed by atoms with E-state index in [9.17, 15) is 9.50 Å². The fourth-order valence-corrected chi connectivity index (χ4v) is 2.20. The summed E-state index contributed by atoms with van der Waals surface area (Å²) in [6, 6.07) is 4.55. The number of aliphatic hydroxyl groups is 1. The number of rotatable bonds is 4. The highest BCUT2D eigenvalue weighted by molar-refractivity contribution is 5.29. The van der Waals surface area contributed by atoms with Crippen molar-refractivity contribution in [3.05, 3.63) is 64.8 Å². The van der Waals surface area contributed by atoms with E-state index in [-0.39, 0.29) is 11.7 Å². The Morgan fingerprint density at radius 2 is 2.23 bits per heavy atom. The maximum absolute atomic E-state index is 13.1. The predicted octanol–water partition coefficient (Wildman–Crippen LogP) is 1.92. The van der Waals surface area contributed by atoms with Gasteiger partial charge in [-0.05, 0) is 30.2 Å². The van der Waals surface area contributed by atoms with Crippen molar-refractivity contribution in [1.82, 2.24) is 19.9 Å². The zero-order valence-electron chi connectivity index (χ0n) is 12.2. The van der Waals surface area contributed by atoms with Gasteiger partial charge in [0.2, 0.25) is 0 Å². The van der Waals surface area contributed by atoms with Crippen LogP contribution in [0.1, 0.15) is 34.5 Å². The van der Waals surface area contributed by atoms with Crippen LogP contribution in [0.4, 0.5) is 4.39 Å². The molecule has 6 nitrogen and oxygen atoms in total. The Kier molecular flexibility index (Phi) is 3.72. The molecule has 0 bridgehead atoms. The van der Waals surface area contributed by atoms with Gasteiger partial charge in [0.1, 0.15) is 5.82 Å². The Balaban J connectivity index is 1.79. The van der Waals surface area contributed by atoms with Gasteiger partial charge in [-0.3, -0.25) is 4.68 Å². The number of aliphatic hydroxyl groups excluding tert-OH is 1. The number of halogens is 1. The van der Waals surface area contributed by atoms with E-state index in [4.69, 9.17) is 4.52 Å². The first-order valence-electron chi connectivity index (χ1n) is 6.77. The Morgan fingerprint density at radius 1 is 1.41 bits per heavy atom. The lowest BCUT2D eigenvalue weighted by Gasteiger charge is -2.02. The van der Waals surface area contributed by atoms with Crippen LogP contribution in [0, 0.1) is 12.7 Å². The van der Waals surface area contributed by atoms with Gasteiger partial charge in [-0.25, -0.2) is 4.39 Å². The van der Waals surface area contributed by atoms with Crippen LogP contribution in [0.2, 0.25) is 0 Å². The third-order valence-corrected chi connectivity index (χ3v) is 3.41. The van der Waals surface area contributed by atoms with Crippen molar-refractivity contribution in [2.24, 2.45) is 7.05 Å². The van der Waals surface area contributed by atoms with Gasteiger partial charge in [-0.2, -0.15) is 10.1 Å². The van der Waals surface area contributed by atoms with Crippen LogP contribution >= 0.6 is 0 Å². The lowest BCUT2D eigenvalue weighted by atomic mass is 10.1. The molecule has 1 aromatic carbocycles. The van der Waals surface area contributed by atoms with Crippen molar-refractivity contribution < 1.29 is 14.0 Å². The molecule has 0 amide bonds. The van der Waals surface area contributed by atoms with Crippen LogP contribution in [0.5, 0.6) is 0 Å². The molecule has 3 aromatic rings. The zero-order chi connectivity index (χ0) is 15.7. The second-order valence-corrected chi connectivity index (χ2v) is 5.15. The van der Waals surface area contributed by atoms with E-state index in [2.05, 4.69) is 15.2 Å². The highest BCUT2D eigenvalue weighted by Crippen LogP contribution is 2.20. The average Bonchev–Trinajstić information content (AvgIpc) is 3.10. The molecule has 7 heteroatoms. The number of aromatic nitrogens is 4. The van der Waals surface area contributed by atoms with Crippen LogP contribution < -0.4 is 0 Å². The summed E-state index contributed by atoms with van der Waals surface area (Å²) in [5, 5.41) is 18.0. The zero-order valence-corrected chi connectivity index (χ0v) is 12.2. The van der Waals surface area contributed by atoms with E-state index < -0.39 is 6.10 Å². The van der Waals surface area contributed by atoms with Crippen molar-refractivity contribution in [3.8, 4) is 0 Å². The molecule has 0 fully saturated rings. The summed E-state index contributed by atoms with van der Waals surface area (Å²) in [4.78, 5) is 4.20. The van der Waals surface area contributed by atoms with E-state index in [0.29, 0.717) is 17.8 Å². The minimum absolute atomic E-state index is 0.114. The second kappa shape index (κ2) is 5.69. The molecular weight excluding hydrogens is 287 g/mol. The molecule has 0 spiro atoms. The SMILES string of the molecule is Cc1cc(F)ccc1Cc1noc(C(O)c2cnn(C)c2)n1. The molecule has 0 aliphatic heterocycles. The fraction of sp³-hybridized carbons (Fsp3) is 0.267. The number of benzene rings is 1. The standard InChI is InChI=1S/C15H15FN4O2/c1-9-5-12(16)4-3-10(9)6-13-18-15(22-19-13)14(21)11-7-17-20(2)8-11/h3-5,7-8,14,21H,6H2,1-2H3. The minimum atomic E-state index is -1.01. The molecule has 2 heterocycles. The Bertz CT molecular complexity index is 796. The molecule has 3 rings (SSSR count). The number of hydrogen-bond donors (Lipinski definition) is 1. The summed E-state index contributed by atoms with van der Waals surface area (Å²) < 4.78 is 19.8. The van der Waals surface area contributed by atoms with E-state index in [0.717, 1.165) is 11.1 Å². The van der Waals surface area contributed by atoms with Crippen LogP contribution in [-0.4, -0.2) is 25.0 Å². The summed E-state index contributed by atoms with van der Waals surface area (Å²) in [5.41, 5.74) is 2.31. The Morgan fingerprint density at radius 3 is 2.91 bits per heavy atom. The maximum Gasteiger partial charge on any atom is 0.260 e. The molecule has 22 heavy (non-hydrogen) atoms. The van der Waals surface area contributed by atoms with E-state index in [1.807, 2.05) is 6.92 Å². The van der Waals surface area contributed by atoms with Gasteiger partial charge in [0.05, 0.1) is 6.20 Å². The number of nitrogens with zero attached hydrogens (tertiary/aromatic N) is 4. The summed E-state index contributed by atoms with van der Waals surface area (Å²) in [6.07, 6.45) is 2.62. The van der Waals surface area contributed by atoms with Gasteiger partial charge in [0.15, 0.2) is 11.9 Å². The van der Waals surface area contributed by atoms with Crippen LogP contribution in [0.15, 0.2) is 35.1 Å². The fourth-order valence-electron chi connectivity index (χ4n) is 2.20. The van der Waals surface area contributed by atoms with Gasteiger partial charge < -0.3 is 9.63 Å². The molecule has 1 unspecified atom stereocenters. The van der Waals surface area contributed by atoms with Gasteiger partial charge in [-0.15, -0.1) is 0 Å². The molecule has 0 saturated heterocycles. The lowest BCUT2D eigenvalue weighted by molar-refractivity contribution is 0.170. The molecule has 0 saturated carbocycles. The van der Waals surface area contributed by atoms with Gasteiger partial charge in [0.25, 0.3) is 5.89 Å². The molecule has 1 N–H and O–H groups in total. The summed E-state index contributed by atoms with van der Waals surface area (Å²) in [5.74, 6) is 0.275. The summed E-state index contributed by atoms with van der Waals surface area (Å²) in [6.45, 7) is 1.82. The predicted molar refractivity (Wildman–Crippen MR) is 75.5 cm³/mol. The van der Waals surface area contributed by atoms with E-state index in [1.54, 1.807) is 30.2 Å². The maximum atomic E-state index is 13.1. The Labute approximate surface area is 126 Å². The van der Waals surface area contributed by atoms with Gasteiger partial charge >= 0.3 is 0 Å². The van der Waals surface area contributed by atoms with Crippen LogP contribution in [0.25, 0.3) is 0 Å². The topological polar surface area (TPSA) is 77.0 Å². The molecule has 0 aliphatic rings. The largest absolute Gasteiger partial charge is 0.378 e. The molecule has 0 radical (unpaired) electrons. The molecule has 1 atom stereocenters. The first kappa shape index (κ1) is 14.4. The van der Waals surface area contributed by atoms with Crippen molar-refractivity contribution >= 4 is 0 Å².